The quantitative estimate of drug-likeness (QED) is 0.382. The van der Waals surface area contributed by atoms with Crippen LogP contribution in [0, 0.1) is 28.1 Å². The van der Waals surface area contributed by atoms with Gasteiger partial charge in [-0.15, -0.1) is 0 Å². The molecule has 3 aromatic carbocycles. The summed E-state index contributed by atoms with van der Waals surface area (Å²) in [6, 6.07) is 28.2. The van der Waals surface area contributed by atoms with E-state index in [1.165, 1.54) is 0 Å². The summed E-state index contributed by atoms with van der Waals surface area (Å²) in [4.78, 5) is 20.4. The minimum atomic E-state index is -1.47. The van der Waals surface area contributed by atoms with Crippen LogP contribution in [0.5, 0.6) is 0 Å². The number of hydrogen-bond acceptors (Lipinski definition) is 5. The number of benzene rings is 3. The molecule has 0 unspecified atom stereocenters. The highest BCUT2D eigenvalue weighted by atomic mass is 16.1. The van der Waals surface area contributed by atoms with Crippen molar-refractivity contribution in [1.29, 1.82) is 10.5 Å². The molecule has 1 aromatic heterocycles. The molecule has 3 heterocycles. The normalized spacial score (nSPS) is 21.5. The Morgan fingerprint density at radius 1 is 0.914 bits per heavy atom. The maximum Gasteiger partial charge on any atom is 0.185 e. The molecule has 5 nitrogen and oxygen atoms in total. The number of nitrogens with zero attached hydrogens (tertiary/aromatic N) is 4. The van der Waals surface area contributed by atoms with Crippen molar-refractivity contribution in [2.24, 2.45) is 5.41 Å². The number of Topliss-reactive ketones (excluding diaryl/α,β-unsaturated/α-hetero) is 1. The Balaban J connectivity index is 1.65. The predicted molar refractivity (Wildman–Crippen MR) is 134 cm³/mol. The molecule has 2 aliphatic rings. The first-order valence-corrected chi connectivity index (χ1v) is 11.5. The van der Waals surface area contributed by atoms with Crippen LogP contribution in [0.3, 0.4) is 0 Å². The summed E-state index contributed by atoms with van der Waals surface area (Å²) < 4.78 is 0. The fourth-order valence-electron chi connectivity index (χ4n) is 5.75. The van der Waals surface area contributed by atoms with Crippen molar-refractivity contribution in [2.75, 3.05) is 4.90 Å². The molecule has 0 bridgehead atoms. The van der Waals surface area contributed by atoms with E-state index in [1.807, 2.05) is 65.6 Å². The third-order valence-corrected chi connectivity index (χ3v) is 7.28. The van der Waals surface area contributed by atoms with Gasteiger partial charge in [0.05, 0.1) is 18.2 Å². The Hall–Kier alpha value is -4.74. The number of fused-ring (bicyclic) bond motifs is 5. The van der Waals surface area contributed by atoms with Gasteiger partial charge < -0.3 is 4.90 Å². The van der Waals surface area contributed by atoms with Gasteiger partial charge in [0, 0.05) is 35.1 Å². The molecule has 35 heavy (non-hydrogen) atoms. The third-order valence-electron chi connectivity index (χ3n) is 7.28. The van der Waals surface area contributed by atoms with Gasteiger partial charge in [-0.2, -0.15) is 10.5 Å². The fourth-order valence-corrected chi connectivity index (χ4v) is 5.75. The van der Waals surface area contributed by atoms with Crippen molar-refractivity contribution in [3.63, 3.8) is 0 Å². The molecule has 6 rings (SSSR count). The first kappa shape index (κ1) is 20.8. The van der Waals surface area contributed by atoms with E-state index in [2.05, 4.69) is 29.3 Å². The van der Waals surface area contributed by atoms with Crippen molar-refractivity contribution >= 4 is 28.3 Å². The average Bonchev–Trinajstić information content (AvgIpc) is 3.24. The fraction of sp³-hybridized carbons (Fsp3) is 0.133. The first-order chi connectivity index (χ1) is 17.2. The lowest BCUT2D eigenvalue weighted by Gasteiger charge is -2.36. The zero-order valence-corrected chi connectivity index (χ0v) is 18.7. The summed E-state index contributed by atoms with van der Waals surface area (Å²) in [6.45, 7) is 0. The lowest BCUT2D eigenvalue weighted by Crippen LogP contribution is -2.44. The topological polar surface area (TPSA) is 80.8 Å². The molecule has 4 aromatic rings. The Morgan fingerprint density at radius 3 is 2.43 bits per heavy atom. The number of hydrogen-bond donors (Lipinski definition) is 0. The van der Waals surface area contributed by atoms with Crippen molar-refractivity contribution < 1.29 is 4.79 Å². The molecule has 0 saturated carbocycles. The van der Waals surface area contributed by atoms with Crippen LogP contribution in [0.15, 0.2) is 97.3 Å². The molecule has 0 aliphatic carbocycles. The molecular formula is C30H20N4O. The average molecular weight is 453 g/mol. The van der Waals surface area contributed by atoms with Crippen LogP contribution in [0.4, 0.5) is 5.69 Å². The lowest BCUT2D eigenvalue weighted by molar-refractivity contribution is 0.0951. The SMILES string of the molecule is N#CC1(C#N)[C@@H]2C=Cc3c(ccc4ccccc34)N2[C@@H](C(=O)c2ccccc2)[C@@H]1c1cccnc1. The monoisotopic (exact) mass is 452 g/mol. The largest absolute Gasteiger partial charge is 0.351 e. The summed E-state index contributed by atoms with van der Waals surface area (Å²) in [5, 5.41) is 23.2. The molecule has 0 spiro atoms. The van der Waals surface area contributed by atoms with Crippen molar-refractivity contribution in [2.45, 2.75) is 18.0 Å². The van der Waals surface area contributed by atoms with Crippen LogP contribution < -0.4 is 4.90 Å². The number of carbonyl (C=O) groups excluding carboxylic acids is 1. The highest BCUT2D eigenvalue weighted by Crippen LogP contribution is 2.56. The first-order valence-electron chi connectivity index (χ1n) is 11.5. The minimum absolute atomic E-state index is 0.119. The zero-order valence-electron chi connectivity index (χ0n) is 18.7. The maximum atomic E-state index is 14.2. The molecule has 5 heteroatoms. The van der Waals surface area contributed by atoms with E-state index in [-0.39, 0.29) is 5.78 Å². The summed E-state index contributed by atoms with van der Waals surface area (Å²) in [7, 11) is 0. The van der Waals surface area contributed by atoms with Crippen molar-refractivity contribution in [1.82, 2.24) is 4.98 Å². The second kappa shape index (κ2) is 7.94. The van der Waals surface area contributed by atoms with Gasteiger partial charge in [-0.1, -0.05) is 78.9 Å². The number of nitriles is 2. The maximum absolute atomic E-state index is 14.2. The Kier molecular flexibility index (Phi) is 4.73. The molecule has 3 atom stereocenters. The van der Waals surface area contributed by atoms with E-state index in [0.29, 0.717) is 11.1 Å². The zero-order chi connectivity index (χ0) is 24.0. The molecule has 0 radical (unpaired) electrons. The van der Waals surface area contributed by atoms with Gasteiger partial charge in [0.25, 0.3) is 0 Å². The van der Waals surface area contributed by atoms with Crippen LogP contribution in [0.2, 0.25) is 0 Å². The second-order valence-corrected chi connectivity index (χ2v) is 8.96. The standard InChI is InChI=1S/C30H20N4O/c31-18-30(19-32)26-15-13-24-23-11-5-4-7-20(23)12-14-25(24)34(26)28(27(30)22-10-6-16-33-17-22)29(35)21-8-2-1-3-9-21/h1-17,26-28H/t26-,27-,28+/m0/s1. The van der Waals surface area contributed by atoms with Gasteiger partial charge in [0.1, 0.15) is 6.04 Å². The number of ketones is 1. The molecule has 1 saturated heterocycles. The third kappa shape index (κ3) is 2.92. The number of rotatable bonds is 3. The molecule has 1 fully saturated rings. The van der Waals surface area contributed by atoms with Gasteiger partial charge in [0.15, 0.2) is 11.2 Å². The summed E-state index contributed by atoms with van der Waals surface area (Å²) in [5.41, 5.74) is 1.62. The smallest absolute Gasteiger partial charge is 0.185 e. The van der Waals surface area contributed by atoms with Crippen LogP contribution in [-0.2, 0) is 0 Å². The van der Waals surface area contributed by atoms with E-state index in [1.54, 1.807) is 30.6 Å². The van der Waals surface area contributed by atoms with E-state index < -0.39 is 23.4 Å². The minimum Gasteiger partial charge on any atom is -0.351 e. The number of carbonyl (C=O) groups is 1. The molecule has 2 aliphatic heterocycles. The Morgan fingerprint density at radius 2 is 1.69 bits per heavy atom. The number of anilines is 1. The number of pyridine rings is 1. The van der Waals surface area contributed by atoms with Crippen LogP contribution in [0.1, 0.15) is 27.4 Å². The molecular weight excluding hydrogens is 432 g/mol. The lowest BCUT2D eigenvalue weighted by atomic mass is 9.69. The van der Waals surface area contributed by atoms with E-state index in [9.17, 15) is 15.3 Å². The van der Waals surface area contributed by atoms with E-state index >= 15 is 0 Å². The van der Waals surface area contributed by atoms with Crippen LogP contribution >= 0.6 is 0 Å². The molecule has 0 N–H and O–H groups in total. The molecule has 166 valence electrons. The summed E-state index contributed by atoms with van der Waals surface area (Å²) >= 11 is 0. The van der Waals surface area contributed by atoms with Gasteiger partial charge in [-0.3, -0.25) is 9.78 Å². The summed E-state index contributed by atoms with van der Waals surface area (Å²) in [6.07, 6.45) is 7.24. The highest BCUT2D eigenvalue weighted by molar-refractivity contribution is 6.06. The van der Waals surface area contributed by atoms with Crippen LogP contribution in [0.25, 0.3) is 16.8 Å². The van der Waals surface area contributed by atoms with Gasteiger partial charge >= 0.3 is 0 Å². The van der Waals surface area contributed by atoms with Crippen molar-refractivity contribution in [3.8, 4) is 12.1 Å². The van der Waals surface area contributed by atoms with Gasteiger partial charge in [-0.05, 0) is 28.5 Å². The van der Waals surface area contributed by atoms with Crippen molar-refractivity contribution in [3.05, 3.63) is 114 Å². The van der Waals surface area contributed by atoms with Crippen LogP contribution in [-0.4, -0.2) is 22.9 Å². The summed E-state index contributed by atoms with van der Waals surface area (Å²) in [5.74, 6) is -0.808. The predicted octanol–water partition coefficient (Wildman–Crippen LogP) is 5.52. The molecule has 0 amide bonds. The highest BCUT2D eigenvalue weighted by Gasteiger charge is 2.63. The van der Waals surface area contributed by atoms with E-state index in [0.717, 1.165) is 22.0 Å². The Bertz CT molecular complexity index is 1550. The number of aromatic nitrogens is 1. The van der Waals surface area contributed by atoms with Gasteiger partial charge in [-0.25, -0.2) is 0 Å². The van der Waals surface area contributed by atoms with Gasteiger partial charge in [0.2, 0.25) is 0 Å². The van der Waals surface area contributed by atoms with E-state index in [4.69, 9.17) is 0 Å². The Labute approximate surface area is 203 Å². The second-order valence-electron chi connectivity index (χ2n) is 8.96.